The van der Waals surface area contributed by atoms with Gasteiger partial charge in [-0.15, -0.1) is 0 Å². The van der Waals surface area contributed by atoms with Gasteiger partial charge in [-0.3, -0.25) is 0 Å². The molecular weight excluding hydrogens is 507 g/mol. The van der Waals surface area contributed by atoms with Crippen molar-refractivity contribution in [2.45, 2.75) is 17.8 Å². The van der Waals surface area contributed by atoms with Crippen LogP contribution >= 0.6 is 0 Å². The molecule has 1 amide bonds. The Hall–Kier alpha value is -3.12. The van der Waals surface area contributed by atoms with Crippen molar-refractivity contribution in [1.29, 1.82) is 5.26 Å². The van der Waals surface area contributed by atoms with Gasteiger partial charge in [0.25, 0.3) is 0 Å². The fourth-order valence-corrected chi connectivity index (χ4v) is 4.69. The summed E-state index contributed by atoms with van der Waals surface area (Å²) in [4.78, 5) is 16.8. The van der Waals surface area contributed by atoms with Gasteiger partial charge >= 0.3 is 179 Å². The second-order valence-corrected chi connectivity index (χ2v) is 9.22. The number of aliphatic hydroxyl groups excluding tert-OH is 1. The van der Waals surface area contributed by atoms with Gasteiger partial charge in [-0.25, -0.2) is 0 Å². The molecule has 9 nitrogen and oxygen atoms in total. The summed E-state index contributed by atoms with van der Waals surface area (Å²) in [5.41, 5.74) is 1.30. The maximum absolute atomic E-state index is 13.1. The van der Waals surface area contributed by atoms with Crippen LogP contribution in [0.15, 0.2) is 30.3 Å². The molecule has 0 saturated carbocycles. The molecule has 0 aromatic heterocycles. The minimum absolute atomic E-state index is 0.0633. The standard InChI is InChI=1S/C24H28N2O7Se/c1-29-16-6-7-17(19(12-16)33-8-5-9-34-14-25)22-18(13-27)24(28)26(22)15-10-20(30-2)23(32-4)21(11-15)31-3/h6-7,10-12,18,22,27H,5,8-9,13H2,1-4H3/t18-,22+/m1/s1. The Kier molecular flexibility index (Phi) is 8.88. The second kappa shape index (κ2) is 11.8. The first kappa shape index (κ1) is 25.5. The summed E-state index contributed by atoms with van der Waals surface area (Å²) < 4.78 is 27.7. The van der Waals surface area contributed by atoms with Crippen molar-refractivity contribution in [2.24, 2.45) is 5.92 Å². The summed E-state index contributed by atoms with van der Waals surface area (Å²) in [6.45, 7) is 0.124. The van der Waals surface area contributed by atoms with Crippen molar-refractivity contribution in [2.75, 3.05) is 46.6 Å². The van der Waals surface area contributed by atoms with E-state index in [1.165, 1.54) is 21.3 Å². The van der Waals surface area contributed by atoms with Gasteiger partial charge in [-0.05, 0) is 0 Å². The minimum atomic E-state index is -0.628. The van der Waals surface area contributed by atoms with Crippen molar-refractivity contribution < 1.29 is 33.6 Å². The fourth-order valence-electron chi connectivity index (χ4n) is 3.95. The van der Waals surface area contributed by atoms with Crippen molar-refractivity contribution in [3.8, 4) is 33.7 Å². The third-order valence-corrected chi connectivity index (χ3v) is 6.90. The molecule has 1 aliphatic heterocycles. The monoisotopic (exact) mass is 536 g/mol. The number of methoxy groups -OCH3 is 4. The van der Waals surface area contributed by atoms with Crippen LogP contribution in [0, 0.1) is 16.1 Å². The van der Waals surface area contributed by atoms with Crippen LogP contribution in [0.2, 0.25) is 5.32 Å². The van der Waals surface area contributed by atoms with E-state index in [4.69, 9.17) is 28.9 Å². The van der Waals surface area contributed by atoms with E-state index in [0.29, 0.717) is 41.0 Å². The van der Waals surface area contributed by atoms with E-state index in [9.17, 15) is 9.90 Å². The molecule has 0 spiro atoms. The number of hydrogen-bond acceptors (Lipinski definition) is 8. The van der Waals surface area contributed by atoms with E-state index in [2.05, 4.69) is 4.97 Å². The van der Waals surface area contributed by atoms with Crippen LogP contribution in [0.25, 0.3) is 0 Å². The number of carbonyl (C=O) groups excluding carboxylic acids is 1. The van der Waals surface area contributed by atoms with E-state index in [-0.39, 0.29) is 27.5 Å². The molecule has 0 unspecified atom stereocenters. The predicted octanol–water partition coefficient (Wildman–Crippen LogP) is 2.79. The molecule has 1 aliphatic rings. The van der Waals surface area contributed by atoms with Crippen LogP contribution in [0.3, 0.4) is 0 Å². The predicted molar refractivity (Wildman–Crippen MR) is 126 cm³/mol. The number of hydrogen-bond donors (Lipinski definition) is 1. The van der Waals surface area contributed by atoms with Crippen LogP contribution in [0.4, 0.5) is 5.69 Å². The number of rotatable bonds is 12. The summed E-state index contributed by atoms with van der Waals surface area (Å²) in [6.07, 6.45) is 0.744. The van der Waals surface area contributed by atoms with Crippen molar-refractivity contribution in [3.63, 3.8) is 0 Å². The van der Waals surface area contributed by atoms with Crippen LogP contribution in [0.5, 0.6) is 28.7 Å². The van der Waals surface area contributed by atoms with Gasteiger partial charge < -0.3 is 4.74 Å². The van der Waals surface area contributed by atoms with Gasteiger partial charge in [0.2, 0.25) is 0 Å². The molecule has 2 atom stereocenters. The maximum atomic E-state index is 13.1. The van der Waals surface area contributed by atoms with Gasteiger partial charge in [0.05, 0.1) is 21.3 Å². The zero-order valence-electron chi connectivity index (χ0n) is 19.6. The molecule has 1 saturated heterocycles. The average molecular weight is 535 g/mol. The third-order valence-electron chi connectivity index (χ3n) is 5.59. The van der Waals surface area contributed by atoms with Gasteiger partial charge in [0.1, 0.15) is 0 Å². The number of amides is 1. The number of benzene rings is 2. The number of β-lactam (4-membered cyclic amide) rings is 1. The third kappa shape index (κ3) is 5.02. The molecule has 0 bridgehead atoms. The Morgan fingerprint density at radius 2 is 1.74 bits per heavy atom. The average Bonchev–Trinajstić information content (AvgIpc) is 2.86. The molecule has 2 aromatic rings. The van der Waals surface area contributed by atoms with Crippen LogP contribution in [-0.2, 0) is 4.79 Å². The first-order valence-corrected chi connectivity index (χ1v) is 12.7. The molecule has 1 N–H and O–H groups in total. The summed E-state index contributed by atoms with van der Waals surface area (Å²) >= 11 is -0.0633. The van der Waals surface area contributed by atoms with Gasteiger partial charge in [-0.2, -0.15) is 0 Å². The van der Waals surface area contributed by atoms with E-state index in [1.807, 2.05) is 6.07 Å². The summed E-state index contributed by atoms with van der Waals surface area (Å²) in [5.74, 6) is 1.59. The number of carbonyl (C=O) groups is 1. The Bertz CT molecular complexity index is 1030. The second-order valence-electron chi connectivity index (χ2n) is 7.37. The quantitative estimate of drug-likeness (QED) is 0.251. The van der Waals surface area contributed by atoms with E-state index < -0.39 is 12.0 Å². The summed E-state index contributed by atoms with van der Waals surface area (Å²) in [5, 5.41) is 19.6. The SMILES string of the molecule is COc1ccc([C@H]2[C@@H](CO)C(=O)N2c2cc(OC)c(OC)c(OC)c2)c(OCCC[Se]C#N)c1. The Morgan fingerprint density at radius 3 is 2.29 bits per heavy atom. The molecule has 3 rings (SSSR count). The molecular formula is C24H28N2O7Se. The number of anilines is 1. The first-order chi connectivity index (χ1) is 16.5. The van der Waals surface area contributed by atoms with Crippen LogP contribution < -0.4 is 28.6 Å². The molecule has 34 heavy (non-hydrogen) atoms. The Labute approximate surface area is 205 Å². The molecule has 10 heteroatoms. The van der Waals surface area contributed by atoms with Crippen molar-refractivity contribution in [1.82, 2.24) is 0 Å². The van der Waals surface area contributed by atoms with E-state index >= 15 is 0 Å². The van der Waals surface area contributed by atoms with Crippen LogP contribution in [0.1, 0.15) is 18.0 Å². The molecule has 182 valence electrons. The topological polar surface area (TPSA) is 110 Å². The summed E-state index contributed by atoms with van der Waals surface area (Å²) in [6, 6.07) is 8.35. The van der Waals surface area contributed by atoms with Crippen molar-refractivity contribution in [3.05, 3.63) is 35.9 Å². The zero-order chi connectivity index (χ0) is 24.7. The zero-order valence-corrected chi connectivity index (χ0v) is 21.3. The number of aliphatic hydroxyl groups is 1. The number of ether oxygens (including phenoxy) is 5. The molecule has 1 fully saturated rings. The fraction of sp³-hybridized carbons (Fsp3) is 0.417. The molecule has 0 aliphatic carbocycles. The van der Waals surface area contributed by atoms with Gasteiger partial charge in [0, 0.05) is 0 Å². The van der Waals surface area contributed by atoms with Gasteiger partial charge in [-0.1, -0.05) is 0 Å². The Balaban J connectivity index is 2.01. The molecule has 0 radical (unpaired) electrons. The number of nitriles is 1. The first-order valence-electron chi connectivity index (χ1n) is 10.6. The van der Waals surface area contributed by atoms with E-state index in [0.717, 1.165) is 17.3 Å². The molecule has 1 heterocycles. The van der Waals surface area contributed by atoms with Crippen molar-refractivity contribution >= 4 is 26.6 Å². The normalized spacial score (nSPS) is 16.9. The Morgan fingerprint density at radius 1 is 1.03 bits per heavy atom. The van der Waals surface area contributed by atoms with Gasteiger partial charge in [0.15, 0.2) is 0 Å². The van der Waals surface area contributed by atoms with Crippen LogP contribution in [-0.4, -0.2) is 67.6 Å². The summed E-state index contributed by atoms with van der Waals surface area (Å²) in [7, 11) is 6.10. The number of nitrogens with zero attached hydrogens (tertiary/aromatic N) is 2. The van der Waals surface area contributed by atoms with E-state index in [1.54, 1.807) is 36.3 Å². The molecule has 2 aromatic carbocycles.